The molecule has 3 N–H and O–H groups in total. The molecule has 0 saturated heterocycles. The van der Waals surface area contributed by atoms with Crippen molar-refractivity contribution in [1.82, 2.24) is 15.0 Å². The van der Waals surface area contributed by atoms with Gasteiger partial charge in [0, 0.05) is 7.05 Å². The van der Waals surface area contributed by atoms with Crippen LogP contribution >= 0.6 is 11.8 Å². The maximum absolute atomic E-state index is 11.0. The second-order valence-corrected chi connectivity index (χ2v) is 4.24. The van der Waals surface area contributed by atoms with E-state index in [4.69, 9.17) is 5.84 Å². The van der Waals surface area contributed by atoms with E-state index in [1.807, 2.05) is 35.9 Å². The van der Waals surface area contributed by atoms with E-state index < -0.39 is 0 Å². The van der Waals surface area contributed by atoms with Gasteiger partial charge in [-0.1, -0.05) is 23.9 Å². The quantitative estimate of drug-likeness (QED) is 0.355. The average Bonchev–Trinajstić information content (AvgIpc) is 2.64. The van der Waals surface area contributed by atoms with E-state index in [-0.39, 0.29) is 11.7 Å². The van der Waals surface area contributed by atoms with Gasteiger partial charge in [0.05, 0.1) is 16.8 Å². The van der Waals surface area contributed by atoms with Crippen LogP contribution in [0.1, 0.15) is 0 Å². The fourth-order valence-electron chi connectivity index (χ4n) is 1.42. The number of imidazole rings is 1. The summed E-state index contributed by atoms with van der Waals surface area (Å²) in [6, 6.07) is 7.85. The minimum absolute atomic E-state index is 0.211. The zero-order chi connectivity index (χ0) is 11.5. The van der Waals surface area contributed by atoms with Gasteiger partial charge >= 0.3 is 0 Å². The van der Waals surface area contributed by atoms with Gasteiger partial charge in [0.1, 0.15) is 0 Å². The van der Waals surface area contributed by atoms with Gasteiger partial charge in [0.25, 0.3) is 0 Å². The minimum atomic E-state index is -0.211. The van der Waals surface area contributed by atoms with Crippen LogP contribution in [0.25, 0.3) is 11.0 Å². The Balaban J connectivity index is 2.24. The lowest BCUT2D eigenvalue weighted by Crippen LogP contribution is -2.31. The van der Waals surface area contributed by atoms with Gasteiger partial charge in [0.15, 0.2) is 5.16 Å². The number of para-hydroxylation sites is 2. The number of hydrogen-bond acceptors (Lipinski definition) is 4. The van der Waals surface area contributed by atoms with Gasteiger partial charge in [-0.25, -0.2) is 10.8 Å². The largest absolute Gasteiger partial charge is 0.322 e. The van der Waals surface area contributed by atoms with Crippen LogP contribution in [0.4, 0.5) is 0 Å². The minimum Gasteiger partial charge on any atom is -0.322 e. The number of carbonyl (C=O) groups is 1. The van der Waals surface area contributed by atoms with Crippen molar-refractivity contribution in [2.75, 3.05) is 5.75 Å². The van der Waals surface area contributed by atoms with Crippen LogP contribution in [-0.2, 0) is 11.8 Å². The Morgan fingerprint density at radius 2 is 2.31 bits per heavy atom. The molecule has 5 nitrogen and oxygen atoms in total. The lowest BCUT2D eigenvalue weighted by atomic mass is 10.3. The third-order valence-electron chi connectivity index (χ3n) is 2.24. The highest BCUT2D eigenvalue weighted by molar-refractivity contribution is 7.99. The number of aryl methyl sites for hydroxylation is 1. The highest BCUT2D eigenvalue weighted by atomic mass is 32.2. The molecular formula is C10H12N4OS. The Hall–Kier alpha value is -1.53. The lowest BCUT2D eigenvalue weighted by molar-refractivity contribution is -0.118. The summed E-state index contributed by atoms with van der Waals surface area (Å²) < 4.78 is 1.96. The first kappa shape index (κ1) is 11.0. The molecule has 0 bridgehead atoms. The third kappa shape index (κ3) is 2.02. The molecule has 2 aromatic rings. The van der Waals surface area contributed by atoms with E-state index in [2.05, 4.69) is 10.4 Å². The second kappa shape index (κ2) is 4.54. The smallest absolute Gasteiger partial charge is 0.244 e. The molecule has 0 radical (unpaired) electrons. The Kier molecular flexibility index (Phi) is 3.12. The normalized spacial score (nSPS) is 10.6. The summed E-state index contributed by atoms with van der Waals surface area (Å²) in [6.45, 7) is 0. The SMILES string of the molecule is Cn1c(SCC(=O)NN)nc2ccccc21. The van der Waals surface area contributed by atoms with Crippen LogP contribution in [0, 0.1) is 0 Å². The van der Waals surface area contributed by atoms with Crippen molar-refractivity contribution in [3.05, 3.63) is 24.3 Å². The van der Waals surface area contributed by atoms with Gasteiger partial charge in [-0.3, -0.25) is 10.2 Å². The van der Waals surface area contributed by atoms with E-state index in [0.717, 1.165) is 16.2 Å². The highest BCUT2D eigenvalue weighted by Crippen LogP contribution is 2.22. The number of carbonyl (C=O) groups excluding carboxylic acids is 1. The van der Waals surface area contributed by atoms with Crippen molar-refractivity contribution in [3.63, 3.8) is 0 Å². The molecule has 1 heterocycles. The second-order valence-electron chi connectivity index (χ2n) is 3.30. The fourth-order valence-corrected chi connectivity index (χ4v) is 2.22. The van der Waals surface area contributed by atoms with Gasteiger partial charge in [0.2, 0.25) is 5.91 Å². The first-order valence-corrected chi connectivity index (χ1v) is 5.74. The maximum atomic E-state index is 11.0. The number of hydrazine groups is 1. The summed E-state index contributed by atoms with van der Waals surface area (Å²) in [5.41, 5.74) is 4.08. The van der Waals surface area contributed by atoms with Crippen LogP contribution in [0.3, 0.4) is 0 Å². The molecule has 1 aromatic carbocycles. The molecule has 6 heteroatoms. The molecule has 2 rings (SSSR count). The molecule has 1 aromatic heterocycles. The summed E-state index contributed by atoms with van der Waals surface area (Å²) in [5, 5.41) is 0.810. The number of fused-ring (bicyclic) bond motifs is 1. The molecule has 0 saturated carbocycles. The molecule has 0 aliphatic heterocycles. The Labute approximate surface area is 97.0 Å². The van der Waals surface area contributed by atoms with Crippen molar-refractivity contribution in [2.24, 2.45) is 12.9 Å². The topological polar surface area (TPSA) is 72.9 Å². The van der Waals surface area contributed by atoms with Gasteiger partial charge in [-0.05, 0) is 12.1 Å². The summed E-state index contributed by atoms with van der Waals surface area (Å²) in [4.78, 5) is 15.4. The van der Waals surface area contributed by atoms with Crippen molar-refractivity contribution < 1.29 is 4.79 Å². The number of benzene rings is 1. The van der Waals surface area contributed by atoms with Gasteiger partial charge in [-0.15, -0.1) is 0 Å². The van der Waals surface area contributed by atoms with E-state index in [1.54, 1.807) is 0 Å². The van der Waals surface area contributed by atoms with Gasteiger partial charge < -0.3 is 4.57 Å². The number of nitrogens with two attached hydrogens (primary N) is 1. The Morgan fingerprint density at radius 1 is 1.56 bits per heavy atom. The lowest BCUT2D eigenvalue weighted by Gasteiger charge is -2.00. The summed E-state index contributed by atoms with van der Waals surface area (Å²) in [6.07, 6.45) is 0. The molecule has 0 spiro atoms. The molecular weight excluding hydrogens is 224 g/mol. The van der Waals surface area contributed by atoms with E-state index in [9.17, 15) is 4.79 Å². The number of amides is 1. The van der Waals surface area contributed by atoms with E-state index in [0.29, 0.717) is 0 Å². The number of thioether (sulfide) groups is 1. The van der Waals surface area contributed by atoms with Gasteiger partial charge in [-0.2, -0.15) is 0 Å². The van der Waals surface area contributed by atoms with Crippen molar-refractivity contribution in [1.29, 1.82) is 0 Å². The number of rotatable bonds is 3. The zero-order valence-electron chi connectivity index (χ0n) is 8.80. The van der Waals surface area contributed by atoms with Crippen molar-refractivity contribution >= 4 is 28.7 Å². The summed E-state index contributed by atoms with van der Waals surface area (Å²) in [5.74, 6) is 5.07. The van der Waals surface area contributed by atoms with Crippen LogP contribution in [0.2, 0.25) is 0 Å². The number of aromatic nitrogens is 2. The molecule has 0 aliphatic rings. The van der Waals surface area contributed by atoms with Crippen molar-refractivity contribution in [3.8, 4) is 0 Å². The number of nitrogens with one attached hydrogen (secondary N) is 1. The van der Waals surface area contributed by atoms with Crippen LogP contribution in [-0.4, -0.2) is 21.2 Å². The first-order valence-electron chi connectivity index (χ1n) is 4.76. The predicted octanol–water partition coefficient (Wildman–Crippen LogP) is 0.655. The average molecular weight is 236 g/mol. The maximum Gasteiger partial charge on any atom is 0.244 e. The first-order chi connectivity index (χ1) is 7.72. The molecule has 0 atom stereocenters. The predicted molar refractivity (Wildman–Crippen MR) is 63.8 cm³/mol. The zero-order valence-corrected chi connectivity index (χ0v) is 9.62. The monoisotopic (exact) mass is 236 g/mol. The van der Waals surface area contributed by atoms with Crippen molar-refractivity contribution in [2.45, 2.75) is 5.16 Å². The van der Waals surface area contributed by atoms with E-state index in [1.165, 1.54) is 11.8 Å². The summed E-state index contributed by atoms with van der Waals surface area (Å²) >= 11 is 1.37. The molecule has 0 aliphatic carbocycles. The van der Waals surface area contributed by atoms with Crippen LogP contribution in [0.5, 0.6) is 0 Å². The standard InChI is InChI=1S/C10H12N4OS/c1-14-8-5-3-2-4-7(8)12-10(14)16-6-9(15)13-11/h2-5H,6,11H2,1H3,(H,13,15). The van der Waals surface area contributed by atoms with Crippen LogP contribution in [0.15, 0.2) is 29.4 Å². The third-order valence-corrected chi connectivity index (χ3v) is 3.27. The highest BCUT2D eigenvalue weighted by Gasteiger charge is 2.09. The number of hydrogen-bond donors (Lipinski definition) is 2. The van der Waals surface area contributed by atoms with E-state index >= 15 is 0 Å². The Bertz CT molecular complexity index is 523. The fraction of sp³-hybridized carbons (Fsp3) is 0.200. The molecule has 0 unspecified atom stereocenters. The summed E-state index contributed by atoms with van der Waals surface area (Å²) in [7, 11) is 1.93. The molecule has 0 fully saturated rings. The number of nitrogens with zero attached hydrogens (tertiary/aromatic N) is 2. The molecule has 16 heavy (non-hydrogen) atoms. The molecule has 1 amide bonds. The molecule has 84 valence electrons. The Morgan fingerprint density at radius 3 is 3.00 bits per heavy atom. The van der Waals surface area contributed by atoms with Crippen LogP contribution < -0.4 is 11.3 Å².